The van der Waals surface area contributed by atoms with Crippen molar-refractivity contribution in [3.63, 3.8) is 0 Å². The molecule has 0 saturated carbocycles. The number of aryl methyl sites for hydroxylation is 1. The van der Waals surface area contributed by atoms with Crippen molar-refractivity contribution in [2.75, 3.05) is 19.0 Å². The summed E-state index contributed by atoms with van der Waals surface area (Å²) in [5, 5.41) is 6.00. The van der Waals surface area contributed by atoms with Crippen LogP contribution >= 0.6 is 11.3 Å². The summed E-state index contributed by atoms with van der Waals surface area (Å²) in [4.78, 5) is 26.3. The van der Waals surface area contributed by atoms with Crippen molar-refractivity contribution in [2.45, 2.75) is 19.4 Å². The Kier molecular flexibility index (Phi) is 4.68. The van der Waals surface area contributed by atoms with Gasteiger partial charge in [-0.2, -0.15) is 5.10 Å². The van der Waals surface area contributed by atoms with Crippen molar-refractivity contribution < 1.29 is 4.79 Å². The number of carbonyl (C=O) groups excluding carboxylic acids is 1. The number of thiophene rings is 1. The molecule has 2 heterocycles. The normalized spacial score (nSPS) is 10.5. The molecule has 2 aromatic rings. The van der Waals surface area contributed by atoms with E-state index in [1.807, 2.05) is 36.5 Å². The number of nitrogens with zero attached hydrogens (tertiary/aromatic N) is 3. The van der Waals surface area contributed by atoms with Crippen LogP contribution in [-0.2, 0) is 6.54 Å². The average Bonchev–Trinajstić information content (AvgIpc) is 2.94. The molecule has 0 aliphatic rings. The second kappa shape index (κ2) is 6.47. The average molecular weight is 291 g/mol. The summed E-state index contributed by atoms with van der Waals surface area (Å²) < 4.78 is 1.40. The Bertz CT molecular complexity index is 632. The van der Waals surface area contributed by atoms with Gasteiger partial charge in [-0.1, -0.05) is 6.07 Å². The van der Waals surface area contributed by atoms with E-state index in [1.165, 1.54) is 16.0 Å². The van der Waals surface area contributed by atoms with Crippen LogP contribution in [0.2, 0.25) is 0 Å². The van der Waals surface area contributed by atoms with E-state index in [0.717, 1.165) is 10.6 Å². The Labute approximate surface area is 121 Å². The van der Waals surface area contributed by atoms with Gasteiger partial charge < -0.3 is 4.90 Å². The van der Waals surface area contributed by atoms with Gasteiger partial charge in [0.1, 0.15) is 0 Å². The Morgan fingerprint density at radius 2 is 2.25 bits per heavy atom. The van der Waals surface area contributed by atoms with Crippen LogP contribution in [0, 0.1) is 0 Å². The zero-order chi connectivity index (χ0) is 14.5. The molecular weight excluding hydrogens is 274 g/mol. The highest BCUT2D eigenvalue weighted by Gasteiger charge is 2.07. The predicted molar refractivity (Wildman–Crippen MR) is 80.7 cm³/mol. The van der Waals surface area contributed by atoms with E-state index in [2.05, 4.69) is 5.10 Å². The van der Waals surface area contributed by atoms with E-state index in [4.69, 9.17) is 0 Å². The second-order valence-corrected chi connectivity index (χ2v) is 5.62. The van der Waals surface area contributed by atoms with Crippen LogP contribution in [0.4, 0.5) is 5.69 Å². The van der Waals surface area contributed by atoms with E-state index < -0.39 is 0 Å². The van der Waals surface area contributed by atoms with Crippen molar-refractivity contribution in [3.05, 3.63) is 45.0 Å². The minimum atomic E-state index is -0.139. The molecule has 5 nitrogen and oxygen atoms in total. The fourth-order valence-electron chi connectivity index (χ4n) is 1.79. The minimum Gasteiger partial charge on any atom is -0.376 e. The van der Waals surface area contributed by atoms with E-state index in [9.17, 15) is 9.59 Å². The van der Waals surface area contributed by atoms with Gasteiger partial charge in [0.05, 0.1) is 16.8 Å². The Balaban J connectivity index is 1.91. The molecule has 0 unspecified atom stereocenters. The van der Waals surface area contributed by atoms with E-state index in [0.29, 0.717) is 19.4 Å². The summed E-state index contributed by atoms with van der Waals surface area (Å²) in [6.07, 6.45) is 2.71. The van der Waals surface area contributed by atoms with Gasteiger partial charge in [-0.3, -0.25) is 9.59 Å². The topological polar surface area (TPSA) is 55.2 Å². The first kappa shape index (κ1) is 14.5. The van der Waals surface area contributed by atoms with Crippen LogP contribution in [0.25, 0.3) is 0 Å². The number of aromatic nitrogens is 2. The third-order valence-corrected chi connectivity index (χ3v) is 3.85. The van der Waals surface area contributed by atoms with Gasteiger partial charge in [0.2, 0.25) is 0 Å². The molecule has 0 saturated heterocycles. The second-order valence-electron chi connectivity index (χ2n) is 4.67. The highest BCUT2D eigenvalue weighted by Crippen LogP contribution is 2.12. The first-order valence-electron chi connectivity index (χ1n) is 6.39. The molecule has 2 rings (SSSR count). The van der Waals surface area contributed by atoms with E-state index >= 15 is 0 Å². The highest BCUT2D eigenvalue weighted by atomic mass is 32.1. The molecule has 106 valence electrons. The van der Waals surface area contributed by atoms with Gasteiger partial charge in [0.25, 0.3) is 5.56 Å². The first-order valence-corrected chi connectivity index (χ1v) is 7.27. The third-order valence-electron chi connectivity index (χ3n) is 2.94. The van der Waals surface area contributed by atoms with E-state index in [1.54, 1.807) is 12.3 Å². The van der Waals surface area contributed by atoms with Crippen molar-refractivity contribution in [1.29, 1.82) is 0 Å². The van der Waals surface area contributed by atoms with Gasteiger partial charge in [0, 0.05) is 33.1 Å². The predicted octanol–water partition coefficient (Wildman–Crippen LogP) is 2.03. The zero-order valence-corrected chi connectivity index (χ0v) is 12.4. The van der Waals surface area contributed by atoms with Gasteiger partial charge in [-0.15, -0.1) is 11.3 Å². The fourth-order valence-corrected chi connectivity index (χ4v) is 2.48. The van der Waals surface area contributed by atoms with Crippen LogP contribution in [-0.4, -0.2) is 29.7 Å². The van der Waals surface area contributed by atoms with Crippen LogP contribution in [0.5, 0.6) is 0 Å². The van der Waals surface area contributed by atoms with Crippen molar-refractivity contribution >= 4 is 22.8 Å². The molecule has 0 aliphatic heterocycles. The molecular formula is C14H17N3O2S. The highest BCUT2D eigenvalue weighted by molar-refractivity contribution is 7.12. The number of rotatable bonds is 6. The molecule has 0 atom stereocenters. The summed E-state index contributed by atoms with van der Waals surface area (Å²) in [5.74, 6) is 0.123. The fraction of sp³-hybridized carbons (Fsp3) is 0.357. The SMILES string of the molecule is CN(C)c1cnn(CCCC(=O)c2cccs2)c(=O)c1. The summed E-state index contributed by atoms with van der Waals surface area (Å²) in [7, 11) is 3.72. The maximum Gasteiger partial charge on any atom is 0.268 e. The van der Waals surface area contributed by atoms with Gasteiger partial charge >= 0.3 is 0 Å². The third kappa shape index (κ3) is 3.54. The van der Waals surface area contributed by atoms with Crippen LogP contribution in [0.15, 0.2) is 34.6 Å². The van der Waals surface area contributed by atoms with Gasteiger partial charge in [-0.05, 0) is 17.9 Å². The van der Waals surface area contributed by atoms with Crippen LogP contribution < -0.4 is 10.5 Å². The molecule has 0 radical (unpaired) electrons. The lowest BCUT2D eigenvalue weighted by molar-refractivity contribution is 0.0982. The van der Waals surface area contributed by atoms with Gasteiger partial charge in [0.15, 0.2) is 5.78 Å². The maximum atomic E-state index is 11.8. The standard InChI is InChI=1S/C14H17N3O2S/c1-16(2)11-9-14(19)17(15-10-11)7-3-5-12(18)13-6-4-8-20-13/h4,6,8-10H,3,5,7H2,1-2H3. The summed E-state index contributed by atoms with van der Waals surface area (Å²) in [6.45, 7) is 0.462. The van der Waals surface area contributed by atoms with Gasteiger partial charge in [-0.25, -0.2) is 4.68 Å². The molecule has 0 bridgehead atoms. The number of ketones is 1. The molecule has 0 amide bonds. The van der Waals surface area contributed by atoms with Crippen molar-refractivity contribution in [3.8, 4) is 0 Å². The Morgan fingerprint density at radius 1 is 1.45 bits per heavy atom. The summed E-state index contributed by atoms with van der Waals surface area (Å²) in [6, 6.07) is 5.24. The Morgan fingerprint density at radius 3 is 2.85 bits per heavy atom. The largest absolute Gasteiger partial charge is 0.376 e. The quantitative estimate of drug-likeness (QED) is 0.764. The van der Waals surface area contributed by atoms with Crippen molar-refractivity contribution in [1.82, 2.24) is 9.78 Å². The number of anilines is 1. The van der Waals surface area contributed by atoms with E-state index in [-0.39, 0.29) is 11.3 Å². The van der Waals surface area contributed by atoms with Crippen LogP contribution in [0.1, 0.15) is 22.5 Å². The lowest BCUT2D eigenvalue weighted by Crippen LogP contribution is -2.24. The molecule has 20 heavy (non-hydrogen) atoms. The van der Waals surface area contributed by atoms with Crippen LogP contribution in [0.3, 0.4) is 0 Å². The first-order chi connectivity index (χ1) is 9.58. The molecule has 0 N–H and O–H groups in total. The number of carbonyl (C=O) groups is 1. The summed E-state index contributed by atoms with van der Waals surface area (Å²) in [5.41, 5.74) is 0.640. The lowest BCUT2D eigenvalue weighted by atomic mass is 10.2. The molecule has 0 aromatic carbocycles. The molecule has 0 fully saturated rings. The minimum absolute atomic E-state index is 0.123. The molecule has 0 spiro atoms. The van der Waals surface area contributed by atoms with Crippen molar-refractivity contribution in [2.24, 2.45) is 0 Å². The molecule has 0 aliphatic carbocycles. The monoisotopic (exact) mass is 291 g/mol. The summed E-state index contributed by atoms with van der Waals surface area (Å²) >= 11 is 1.45. The number of Topliss-reactive ketones (excluding diaryl/α,β-unsaturated/α-hetero) is 1. The maximum absolute atomic E-state index is 11.8. The lowest BCUT2D eigenvalue weighted by Gasteiger charge is -2.12. The number of hydrogen-bond acceptors (Lipinski definition) is 5. The molecule has 2 aromatic heterocycles. The smallest absolute Gasteiger partial charge is 0.268 e. The Hall–Kier alpha value is -1.95. The molecule has 6 heteroatoms. The number of hydrogen-bond donors (Lipinski definition) is 0. The zero-order valence-electron chi connectivity index (χ0n) is 11.6.